The molecule has 6 rings (SSSR count). The van der Waals surface area contributed by atoms with Crippen LogP contribution in [0.2, 0.25) is 0 Å². The third-order valence-electron chi connectivity index (χ3n) is 5.78. The summed E-state index contributed by atoms with van der Waals surface area (Å²) in [6.07, 6.45) is 4.57. The van der Waals surface area contributed by atoms with E-state index in [1.54, 1.807) is 0 Å². The molecule has 0 aromatic heterocycles. The average molecular weight is 304 g/mol. The monoisotopic (exact) mass is 302 g/mol. The van der Waals surface area contributed by atoms with Crippen molar-refractivity contribution in [3.8, 4) is 0 Å². The topological polar surface area (TPSA) is 0 Å². The quantitative estimate of drug-likeness (QED) is 0.603. The molecule has 0 radical (unpaired) electrons. The Labute approximate surface area is 95.1 Å². The highest BCUT2D eigenvalue weighted by atomic mass is 79.9. The highest BCUT2D eigenvalue weighted by Crippen LogP contribution is 2.89. The van der Waals surface area contributed by atoms with E-state index in [4.69, 9.17) is 0 Å². The molecule has 0 aromatic carbocycles. The summed E-state index contributed by atoms with van der Waals surface area (Å²) < 4.78 is 1.28. The molecule has 2 heteroatoms. The zero-order valence-corrected chi connectivity index (χ0v) is 10.5. The molecule has 0 nitrogen and oxygen atoms in total. The lowest BCUT2D eigenvalue weighted by atomic mass is 9.70. The molecule has 70 valence electrons. The van der Waals surface area contributed by atoms with E-state index in [1.165, 1.54) is 19.3 Å². The standard InChI is InChI=1S/C11H12Br2/c12-10-4-1-5(4)11(13,7-2-6(7)10)9-3-8(9)10/h4-9H,1-3H2. The Balaban J connectivity index is 1.81. The van der Waals surface area contributed by atoms with Crippen molar-refractivity contribution in [1.82, 2.24) is 0 Å². The van der Waals surface area contributed by atoms with Crippen molar-refractivity contribution in [1.29, 1.82) is 0 Å². The fourth-order valence-electron chi connectivity index (χ4n) is 5.17. The van der Waals surface area contributed by atoms with E-state index < -0.39 is 0 Å². The van der Waals surface area contributed by atoms with Crippen molar-refractivity contribution in [2.24, 2.45) is 35.5 Å². The third-order valence-corrected chi connectivity index (χ3v) is 9.31. The molecule has 6 atom stereocenters. The lowest BCUT2D eigenvalue weighted by molar-refractivity contribution is 0.196. The predicted octanol–water partition coefficient (Wildman–Crippen LogP) is 3.19. The van der Waals surface area contributed by atoms with Crippen LogP contribution < -0.4 is 0 Å². The Hall–Kier alpha value is 0.960. The van der Waals surface area contributed by atoms with Gasteiger partial charge in [0.05, 0.1) is 0 Å². The largest absolute Gasteiger partial charge is 0.0844 e. The maximum atomic E-state index is 4.16. The first-order valence-corrected chi connectivity index (χ1v) is 7.15. The van der Waals surface area contributed by atoms with Gasteiger partial charge in [0.15, 0.2) is 0 Å². The van der Waals surface area contributed by atoms with E-state index in [0.29, 0.717) is 8.65 Å². The second kappa shape index (κ2) is 1.61. The minimum absolute atomic E-state index is 0.641. The maximum Gasteiger partial charge on any atom is 0.0352 e. The first-order valence-electron chi connectivity index (χ1n) is 5.56. The molecule has 0 heterocycles. The van der Waals surface area contributed by atoms with Crippen LogP contribution in [0.1, 0.15) is 19.3 Å². The molecule has 0 aromatic rings. The van der Waals surface area contributed by atoms with Crippen molar-refractivity contribution >= 4 is 31.9 Å². The molecule has 0 N–H and O–H groups in total. The fraction of sp³-hybridized carbons (Fsp3) is 1.00. The Morgan fingerprint density at radius 1 is 0.615 bits per heavy atom. The van der Waals surface area contributed by atoms with Crippen molar-refractivity contribution in [3.63, 3.8) is 0 Å². The molecule has 13 heavy (non-hydrogen) atoms. The summed E-state index contributed by atoms with van der Waals surface area (Å²) in [5.41, 5.74) is 0. The first kappa shape index (κ1) is 7.27. The van der Waals surface area contributed by atoms with Gasteiger partial charge in [0.2, 0.25) is 0 Å². The minimum Gasteiger partial charge on any atom is -0.0844 e. The number of hydrogen-bond donors (Lipinski definition) is 0. The normalized spacial score (nSPS) is 85.4. The fourth-order valence-corrected chi connectivity index (χ4v) is 8.20. The van der Waals surface area contributed by atoms with Gasteiger partial charge >= 0.3 is 0 Å². The Morgan fingerprint density at radius 2 is 0.846 bits per heavy atom. The molecular weight excluding hydrogens is 292 g/mol. The second-order valence-corrected chi connectivity index (χ2v) is 8.75. The number of hydrogen-bond acceptors (Lipinski definition) is 0. The molecular formula is C11H12Br2. The van der Waals surface area contributed by atoms with Crippen LogP contribution in [-0.4, -0.2) is 8.65 Å². The Kier molecular flexibility index (Phi) is 0.899. The van der Waals surface area contributed by atoms with Gasteiger partial charge in [0.25, 0.3) is 0 Å². The van der Waals surface area contributed by atoms with Gasteiger partial charge in [-0.1, -0.05) is 31.9 Å². The molecule has 6 fully saturated rings. The molecule has 6 aliphatic rings. The minimum atomic E-state index is 0.641. The molecule has 6 unspecified atom stereocenters. The lowest BCUT2D eigenvalue weighted by Crippen LogP contribution is -2.50. The smallest absolute Gasteiger partial charge is 0.0352 e. The van der Waals surface area contributed by atoms with Gasteiger partial charge in [0, 0.05) is 8.65 Å². The molecule has 6 aliphatic carbocycles. The van der Waals surface area contributed by atoms with Gasteiger partial charge in [-0.15, -0.1) is 0 Å². The Morgan fingerprint density at radius 3 is 1.08 bits per heavy atom. The summed E-state index contributed by atoms with van der Waals surface area (Å²) in [6.45, 7) is 0. The van der Waals surface area contributed by atoms with E-state index in [9.17, 15) is 0 Å². The number of alkyl halides is 2. The van der Waals surface area contributed by atoms with Gasteiger partial charge in [-0.2, -0.15) is 0 Å². The van der Waals surface area contributed by atoms with Crippen molar-refractivity contribution in [2.75, 3.05) is 0 Å². The number of rotatable bonds is 0. The molecule has 2 bridgehead atoms. The first-order chi connectivity index (χ1) is 6.18. The van der Waals surface area contributed by atoms with Crippen LogP contribution in [0.3, 0.4) is 0 Å². The third kappa shape index (κ3) is 0.515. The summed E-state index contributed by atoms with van der Waals surface area (Å²) in [6, 6.07) is 0. The van der Waals surface area contributed by atoms with E-state index in [2.05, 4.69) is 31.9 Å². The summed E-state index contributed by atoms with van der Waals surface area (Å²) in [5.74, 6) is 6.33. The average Bonchev–Trinajstić information content (AvgIpc) is 3.00. The highest BCUT2D eigenvalue weighted by Gasteiger charge is 2.88. The van der Waals surface area contributed by atoms with Gasteiger partial charge < -0.3 is 0 Å². The van der Waals surface area contributed by atoms with Crippen LogP contribution in [-0.2, 0) is 0 Å². The lowest BCUT2D eigenvalue weighted by Gasteiger charge is -2.46. The molecule has 0 amide bonds. The van der Waals surface area contributed by atoms with Crippen LogP contribution in [0.25, 0.3) is 0 Å². The second-order valence-electron chi connectivity index (χ2n) is 6.00. The summed E-state index contributed by atoms with van der Waals surface area (Å²) >= 11 is 8.31. The molecule has 0 saturated heterocycles. The maximum absolute atomic E-state index is 4.16. The van der Waals surface area contributed by atoms with Gasteiger partial charge in [-0.05, 0) is 54.8 Å². The van der Waals surface area contributed by atoms with Crippen LogP contribution in [0.4, 0.5) is 0 Å². The zero-order chi connectivity index (χ0) is 8.59. The summed E-state index contributed by atoms with van der Waals surface area (Å²) in [7, 11) is 0. The van der Waals surface area contributed by atoms with E-state index in [0.717, 1.165) is 35.5 Å². The zero-order valence-electron chi connectivity index (χ0n) is 7.34. The van der Waals surface area contributed by atoms with Gasteiger partial charge in [-0.3, -0.25) is 0 Å². The van der Waals surface area contributed by atoms with Gasteiger partial charge in [0.1, 0.15) is 0 Å². The van der Waals surface area contributed by atoms with Crippen molar-refractivity contribution in [2.45, 2.75) is 27.9 Å². The van der Waals surface area contributed by atoms with Crippen LogP contribution in [0.5, 0.6) is 0 Å². The van der Waals surface area contributed by atoms with Crippen LogP contribution in [0.15, 0.2) is 0 Å². The van der Waals surface area contributed by atoms with Gasteiger partial charge in [-0.25, -0.2) is 0 Å². The molecule has 6 saturated carbocycles. The number of halogens is 2. The van der Waals surface area contributed by atoms with Crippen LogP contribution >= 0.6 is 31.9 Å². The van der Waals surface area contributed by atoms with Crippen molar-refractivity contribution < 1.29 is 0 Å². The van der Waals surface area contributed by atoms with E-state index >= 15 is 0 Å². The molecule has 0 spiro atoms. The summed E-state index contributed by atoms with van der Waals surface area (Å²) in [5, 5.41) is 0. The molecule has 0 aliphatic heterocycles. The van der Waals surface area contributed by atoms with Crippen LogP contribution in [0, 0.1) is 35.5 Å². The SMILES string of the molecule is BrC12C3CC3C(Br)(C3CC31)C1CC12. The highest BCUT2D eigenvalue weighted by molar-refractivity contribution is 9.10. The Bertz CT molecular complexity index is 259. The van der Waals surface area contributed by atoms with E-state index in [-0.39, 0.29) is 0 Å². The van der Waals surface area contributed by atoms with E-state index in [1.807, 2.05) is 0 Å². The summed E-state index contributed by atoms with van der Waals surface area (Å²) in [4.78, 5) is 0. The van der Waals surface area contributed by atoms with Crippen molar-refractivity contribution in [3.05, 3.63) is 0 Å². The predicted molar refractivity (Wildman–Crippen MR) is 58.1 cm³/mol.